The van der Waals surface area contributed by atoms with Crippen LogP contribution in [-0.4, -0.2) is 9.78 Å². The summed E-state index contributed by atoms with van der Waals surface area (Å²) in [5.74, 6) is 0.585. The molecule has 1 heterocycles. The predicted molar refractivity (Wildman–Crippen MR) is 86.1 cm³/mol. The van der Waals surface area contributed by atoms with Crippen LogP contribution in [0.1, 0.15) is 0 Å². The van der Waals surface area contributed by atoms with E-state index in [9.17, 15) is 0 Å². The normalized spacial score (nSPS) is 10.7. The molecule has 5 heteroatoms. The SMILES string of the molecule is Nc1cc(-c2ccc(Cl)cc2)nn1-c1ccccc1Br. The van der Waals surface area contributed by atoms with Gasteiger partial charge in [0.25, 0.3) is 0 Å². The molecule has 0 spiro atoms. The third kappa shape index (κ3) is 2.44. The van der Waals surface area contributed by atoms with Crippen LogP contribution in [0.2, 0.25) is 5.02 Å². The molecule has 0 radical (unpaired) electrons. The van der Waals surface area contributed by atoms with Crippen LogP contribution < -0.4 is 5.73 Å². The first-order chi connectivity index (χ1) is 9.65. The molecule has 20 heavy (non-hydrogen) atoms. The van der Waals surface area contributed by atoms with Crippen LogP contribution in [0.25, 0.3) is 16.9 Å². The van der Waals surface area contributed by atoms with Crippen molar-refractivity contribution in [1.82, 2.24) is 9.78 Å². The highest BCUT2D eigenvalue weighted by molar-refractivity contribution is 9.10. The number of nitrogens with two attached hydrogens (primary N) is 1. The van der Waals surface area contributed by atoms with Crippen LogP contribution in [0.4, 0.5) is 5.82 Å². The molecule has 0 aliphatic rings. The van der Waals surface area contributed by atoms with E-state index in [1.807, 2.05) is 54.6 Å². The fourth-order valence-corrected chi connectivity index (χ4v) is 2.55. The lowest BCUT2D eigenvalue weighted by atomic mass is 10.1. The van der Waals surface area contributed by atoms with Gasteiger partial charge in [-0.25, -0.2) is 4.68 Å². The Morgan fingerprint density at radius 3 is 2.45 bits per heavy atom. The van der Waals surface area contributed by atoms with E-state index >= 15 is 0 Å². The van der Waals surface area contributed by atoms with Crippen LogP contribution in [0, 0.1) is 0 Å². The number of benzene rings is 2. The maximum Gasteiger partial charge on any atom is 0.127 e. The first-order valence-electron chi connectivity index (χ1n) is 6.01. The van der Waals surface area contributed by atoms with E-state index in [4.69, 9.17) is 17.3 Å². The maximum atomic E-state index is 6.06. The second-order valence-electron chi connectivity index (χ2n) is 4.32. The smallest absolute Gasteiger partial charge is 0.127 e. The third-order valence-corrected chi connectivity index (χ3v) is 3.88. The van der Waals surface area contributed by atoms with Crippen molar-refractivity contribution in [1.29, 1.82) is 0 Å². The van der Waals surface area contributed by atoms with Gasteiger partial charge in [0.1, 0.15) is 5.82 Å². The lowest BCUT2D eigenvalue weighted by molar-refractivity contribution is 0.891. The van der Waals surface area contributed by atoms with Crippen molar-refractivity contribution in [2.75, 3.05) is 5.73 Å². The van der Waals surface area contributed by atoms with Crippen LogP contribution in [0.5, 0.6) is 0 Å². The van der Waals surface area contributed by atoms with E-state index in [-0.39, 0.29) is 0 Å². The molecular weight excluding hydrogens is 338 g/mol. The lowest BCUT2D eigenvalue weighted by Gasteiger charge is -2.05. The summed E-state index contributed by atoms with van der Waals surface area (Å²) in [6.07, 6.45) is 0. The Labute approximate surface area is 130 Å². The van der Waals surface area contributed by atoms with Crippen molar-refractivity contribution < 1.29 is 0 Å². The minimum absolute atomic E-state index is 0.585. The van der Waals surface area contributed by atoms with E-state index in [1.54, 1.807) is 4.68 Å². The summed E-state index contributed by atoms with van der Waals surface area (Å²) < 4.78 is 2.66. The van der Waals surface area contributed by atoms with Gasteiger partial charge in [-0.2, -0.15) is 5.10 Å². The van der Waals surface area contributed by atoms with Gasteiger partial charge in [0.15, 0.2) is 0 Å². The third-order valence-electron chi connectivity index (χ3n) is 2.96. The number of hydrogen-bond donors (Lipinski definition) is 1. The molecule has 3 aromatic rings. The minimum atomic E-state index is 0.585. The molecular formula is C15H11BrClN3. The highest BCUT2D eigenvalue weighted by atomic mass is 79.9. The fourth-order valence-electron chi connectivity index (χ4n) is 1.97. The van der Waals surface area contributed by atoms with Crippen LogP contribution in [0.15, 0.2) is 59.1 Å². The molecule has 1 aromatic heterocycles. The Bertz CT molecular complexity index is 750. The Balaban J connectivity index is 2.08. The molecule has 0 bridgehead atoms. The Morgan fingerprint density at radius 1 is 1.05 bits per heavy atom. The van der Waals surface area contributed by atoms with Gasteiger partial charge < -0.3 is 5.73 Å². The van der Waals surface area contributed by atoms with Crippen molar-refractivity contribution in [3.63, 3.8) is 0 Å². The van der Waals surface area contributed by atoms with Crippen LogP contribution >= 0.6 is 27.5 Å². The standard InChI is InChI=1S/C15H11BrClN3/c16-12-3-1-2-4-14(12)20-15(18)9-13(19-20)10-5-7-11(17)8-6-10/h1-9H,18H2. The highest BCUT2D eigenvalue weighted by Crippen LogP contribution is 2.27. The average Bonchev–Trinajstić information content (AvgIpc) is 2.82. The molecule has 0 unspecified atom stereocenters. The molecule has 0 atom stereocenters. The topological polar surface area (TPSA) is 43.8 Å². The van der Waals surface area contributed by atoms with E-state index in [1.165, 1.54) is 0 Å². The van der Waals surface area contributed by atoms with E-state index in [0.717, 1.165) is 21.4 Å². The van der Waals surface area contributed by atoms with Crippen molar-refractivity contribution in [2.45, 2.75) is 0 Å². The number of rotatable bonds is 2. The Morgan fingerprint density at radius 2 is 1.75 bits per heavy atom. The van der Waals surface area contributed by atoms with Gasteiger partial charge in [0.2, 0.25) is 0 Å². The molecule has 0 saturated carbocycles. The van der Waals surface area contributed by atoms with E-state index < -0.39 is 0 Å². The van der Waals surface area contributed by atoms with Gasteiger partial charge >= 0.3 is 0 Å². The largest absolute Gasteiger partial charge is 0.384 e. The van der Waals surface area contributed by atoms with Gasteiger partial charge in [-0.1, -0.05) is 35.9 Å². The monoisotopic (exact) mass is 347 g/mol. The molecule has 0 aliphatic heterocycles. The van der Waals surface area contributed by atoms with Crippen LogP contribution in [-0.2, 0) is 0 Å². The maximum absolute atomic E-state index is 6.06. The molecule has 3 rings (SSSR count). The summed E-state index contributed by atoms with van der Waals surface area (Å²) in [4.78, 5) is 0. The lowest BCUT2D eigenvalue weighted by Crippen LogP contribution is -2.02. The van der Waals surface area contributed by atoms with Crippen LogP contribution in [0.3, 0.4) is 0 Å². The number of nitrogens with zero attached hydrogens (tertiary/aromatic N) is 2. The molecule has 100 valence electrons. The summed E-state index contributed by atoms with van der Waals surface area (Å²) in [5.41, 5.74) is 8.76. The van der Waals surface area contributed by atoms with Crippen molar-refractivity contribution in [2.24, 2.45) is 0 Å². The van der Waals surface area contributed by atoms with E-state index in [0.29, 0.717) is 10.8 Å². The quantitative estimate of drug-likeness (QED) is 0.739. The molecule has 0 amide bonds. The molecule has 0 aliphatic carbocycles. The second kappa shape index (κ2) is 5.31. The summed E-state index contributed by atoms with van der Waals surface area (Å²) in [7, 11) is 0. The number of hydrogen-bond acceptors (Lipinski definition) is 2. The zero-order chi connectivity index (χ0) is 14.1. The number of halogens is 2. The van der Waals surface area contributed by atoms with E-state index in [2.05, 4.69) is 21.0 Å². The number of para-hydroxylation sites is 1. The predicted octanol–water partition coefficient (Wildman–Crippen LogP) is 4.54. The van der Waals surface area contributed by atoms with Gasteiger partial charge in [0, 0.05) is 21.1 Å². The van der Waals surface area contributed by atoms with Crippen molar-refractivity contribution in [3.05, 3.63) is 64.1 Å². The van der Waals surface area contributed by atoms with Gasteiger partial charge in [-0.05, 0) is 40.2 Å². The summed E-state index contributed by atoms with van der Waals surface area (Å²) in [6.45, 7) is 0. The van der Waals surface area contributed by atoms with Gasteiger partial charge in [0.05, 0.1) is 11.4 Å². The number of nitrogen functional groups attached to an aromatic ring is 1. The first-order valence-corrected chi connectivity index (χ1v) is 7.18. The zero-order valence-corrected chi connectivity index (χ0v) is 12.8. The average molecular weight is 349 g/mol. The molecule has 0 saturated heterocycles. The van der Waals surface area contributed by atoms with Gasteiger partial charge in [-0.3, -0.25) is 0 Å². The minimum Gasteiger partial charge on any atom is -0.384 e. The second-order valence-corrected chi connectivity index (χ2v) is 5.62. The van der Waals surface area contributed by atoms with Crippen molar-refractivity contribution in [3.8, 4) is 16.9 Å². The highest BCUT2D eigenvalue weighted by Gasteiger charge is 2.10. The van der Waals surface area contributed by atoms with Crippen molar-refractivity contribution >= 4 is 33.3 Å². The van der Waals surface area contributed by atoms with Gasteiger partial charge in [-0.15, -0.1) is 0 Å². The number of aromatic nitrogens is 2. The summed E-state index contributed by atoms with van der Waals surface area (Å²) >= 11 is 9.40. The molecule has 3 nitrogen and oxygen atoms in total. The molecule has 2 N–H and O–H groups in total. The summed E-state index contributed by atoms with van der Waals surface area (Å²) in [6, 6.07) is 17.2. The summed E-state index contributed by atoms with van der Waals surface area (Å²) in [5, 5.41) is 5.26. The first kappa shape index (κ1) is 13.2. The Kier molecular flexibility index (Phi) is 3.51. The molecule has 2 aromatic carbocycles. The molecule has 0 fully saturated rings. The fraction of sp³-hybridized carbons (Fsp3) is 0. The zero-order valence-electron chi connectivity index (χ0n) is 10.4. The Hall–Kier alpha value is -1.78. The number of anilines is 1.